The minimum atomic E-state index is -3.15. The van der Waals surface area contributed by atoms with E-state index in [1.807, 2.05) is 48.5 Å². The molecule has 2 fully saturated rings. The lowest BCUT2D eigenvalue weighted by atomic mass is 9.94. The molecule has 0 N–H and O–H groups in total. The highest BCUT2D eigenvalue weighted by Gasteiger charge is 2.35. The zero-order chi connectivity index (χ0) is 20.4. The third-order valence-corrected chi connectivity index (χ3v) is 6.92. The topological polar surface area (TPSA) is 79.8 Å². The van der Waals surface area contributed by atoms with Crippen LogP contribution >= 0.6 is 0 Å². The molecule has 1 amide bonds. The quantitative estimate of drug-likeness (QED) is 0.750. The molecule has 1 aromatic carbocycles. The lowest BCUT2D eigenvalue weighted by Crippen LogP contribution is -2.38. The van der Waals surface area contributed by atoms with Gasteiger partial charge in [0.05, 0.1) is 12.3 Å². The van der Waals surface area contributed by atoms with Gasteiger partial charge in [0.1, 0.15) is 12.4 Å². The summed E-state index contributed by atoms with van der Waals surface area (Å²) in [6.45, 7) is 1.34. The van der Waals surface area contributed by atoms with Crippen molar-refractivity contribution in [3.05, 3.63) is 59.8 Å². The van der Waals surface area contributed by atoms with E-state index >= 15 is 0 Å². The molecule has 0 saturated carbocycles. The Labute approximate surface area is 171 Å². The smallest absolute Gasteiger partial charge is 0.415 e. The number of aromatic nitrogens is 1. The molecule has 1 aromatic heterocycles. The summed E-state index contributed by atoms with van der Waals surface area (Å²) >= 11 is 0. The minimum absolute atomic E-state index is 0.0975. The number of sulfonamides is 1. The maximum absolute atomic E-state index is 12.4. The number of ether oxygens (including phenoxy) is 1. The SMILES string of the molecule is CS(=O)(=O)N1CCC(c2cccc(N3C(=O)OC[C@@H]3Cc3ccccc3)n2)CC1. The fourth-order valence-corrected chi connectivity index (χ4v) is 4.94. The van der Waals surface area contributed by atoms with Gasteiger partial charge in [0.15, 0.2) is 0 Å². The average Bonchev–Trinajstić information content (AvgIpc) is 3.08. The third-order valence-electron chi connectivity index (χ3n) is 5.62. The lowest BCUT2D eigenvalue weighted by molar-refractivity contribution is 0.178. The van der Waals surface area contributed by atoms with Crippen molar-refractivity contribution in [2.24, 2.45) is 0 Å². The van der Waals surface area contributed by atoms with Gasteiger partial charge in [-0.3, -0.25) is 4.90 Å². The first-order valence-electron chi connectivity index (χ1n) is 9.84. The summed E-state index contributed by atoms with van der Waals surface area (Å²) in [6, 6.07) is 15.6. The molecule has 1 atom stereocenters. The van der Waals surface area contributed by atoms with Crippen LogP contribution in [0.2, 0.25) is 0 Å². The van der Waals surface area contributed by atoms with Crippen LogP contribution in [0, 0.1) is 0 Å². The Balaban J connectivity index is 1.51. The first-order valence-corrected chi connectivity index (χ1v) is 11.7. The van der Waals surface area contributed by atoms with Gasteiger partial charge in [0.2, 0.25) is 10.0 Å². The van der Waals surface area contributed by atoms with E-state index in [1.54, 1.807) is 4.90 Å². The number of piperidine rings is 1. The van der Waals surface area contributed by atoms with E-state index in [0.717, 1.165) is 24.1 Å². The number of amides is 1. The molecule has 0 aliphatic carbocycles. The van der Waals surface area contributed by atoms with Crippen molar-refractivity contribution >= 4 is 21.9 Å². The number of hydrogen-bond donors (Lipinski definition) is 0. The van der Waals surface area contributed by atoms with Crippen LogP contribution in [0.5, 0.6) is 0 Å². The van der Waals surface area contributed by atoms with Crippen molar-refractivity contribution in [3.8, 4) is 0 Å². The zero-order valence-corrected chi connectivity index (χ0v) is 17.2. The summed E-state index contributed by atoms with van der Waals surface area (Å²) in [5, 5.41) is 0. The number of carbonyl (C=O) groups excluding carboxylic acids is 1. The monoisotopic (exact) mass is 415 g/mol. The fourth-order valence-electron chi connectivity index (χ4n) is 4.06. The highest BCUT2D eigenvalue weighted by molar-refractivity contribution is 7.88. The Hall–Kier alpha value is -2.45. The Morgan fingerprint density at radius 2 is 1.79 bits per heavy atom. The maximum Gasteiger partial charge on any atom is 0.415 e. The molecule has 8 heteroatoms. The van der Waals surface area contributed by atoms with Crippen molar-refractivity contribution in [2.45, 2.75) is 31.2 Å². The van der Waals surface area contributed by atoms with E-state index in [1.165, 1.54) is 10.6 Å². The van der Waals surface area contributed by atoms with E-state index < -0.39 is 10.0 Å². The summed E-state index contributed by atoms with van der Waals surface area (Å²) in [7, 11) is -3.15. The van der Waals surface area contributed by atoms with E-state index in [-0.39, 0.29) is 18.1 Å². The van der Waals surface area contributed by atoms with E-state index in [2.05, 4.69) is 0 Å². The van der Waals surface area contributed by atoms with Crippen LogP contribution in [0.4, 0.5) is 10.6 Å². The Morgan fingerprint density at radius 3 is 2.48 bits per heavy atom. The van der Waals surface area contributed by atoms with Crippen LogP contribution in [0.3, 0.4) is 0 Å². The van der Waals surface area contributed by atoms with Gasteiger partial charge in [-0.2, -0.15) is 0 Å². The number of benzene rings is 1. The van der Waals surface area contributed by atoms with Gasteiger partial charge in [-0.05, 0) is 37.0 Å². The van der Waals surface area contributed by atoms with Crippen LogP contribution in [0.25, 0.3) is 0 Å². The molecule has 2 aromatic rings. The molecule has 0 spiro atoms. The van der Waals surface area contributed by atoms with Crippen LogP contribution in [0.15, 0.2) is 48.5 Å². The predicted molar refractivity (Wildman–Crippen MR) is 110 cm³/mol. The summed E-state index contributed by atoms with van der Waals surface area (Å²) in [6.07, 6.45) is 3.02. The molecule has 2 aliphatic rings. The van der Waals surface area contributed by atoms with Gasteiger partial charge >= 0.3 is 6.09 Å². The Bertz CT molecular complexity index is 972. The van der Waals surface area contributed by atoms with Gasteiger partial charge in [0.25, 0.3) is 0 Å². The second-order valence-electron chi connectivity index (χ2n) is 7.65. The van der Waals surface area contributed by atoms with Crippen LogP contribution in [-0.4, -0.2) is 55.8 Å². The summed E-state index contributed by atoms with van der Waals surface area (Å²) in [5.41, 5.74) is 2.04. The normalized spacial score (nSPS) is 21.3. The van der Waals surface area contributed by atoms with Gasteiger partial charge < -0.3 is 4.74 Å². The fraction of sp³-hybridized carbons (Fsp3) is 0.429. The zero-order valence-electron chi connectivity index (χ0n) is 16.4. The summed E-state index contributed by atoms with van der Waals surface area (Å²) in [5.74, 6) is 0.774. The molecule has 0 radical (unpaired) electrons. The van der Waals surface area contributed by atoms with Crippen molar-refractivity contribution in [2.75, 3.05) is 30.9 Å². The predicted octanol–water partition coefficient (Wildman–Crippen LogP) is 2.79. The highest BCUT2D eigenvalue weighted by atomic mass is 32.2. The molecule has 2 saturated heterocycles. The number of rotatable bonds is 5. The molecule has 0 bridgehead atoms. The van der Waals surface area contributed by atoms with Gasteiger partial charge in [0, 0.05) is 24.7 Å². The lowest BCUT2D eigenvalue weighted by Gasteiger charge is -2.30. The number of carbonyl (C=O) groups is 1. The first-order chi connectivity index (χ1) is 13.9. The summed E-state index contributed by atoms with van der Waals surface area (Å²) < 4.78 is 30.3. The Kier molecular flexibility index (Phi) is 5.56. The van der Waals surface area contributed by atoms with Gasteiger partial charge in [-0.15, -0.1) is 0 Å². The second-order valence-corrected chi connectivity index (χ2v) is 9.63. The van der Waals surface area contributed by atoms with Crippen molar-refractivity contribution < 1.29 is 17.9 Å². The van der Waals surface area contributed by atoms with E-state index in [9.17, 15) is 13.2 Å². The second kappa shape index (κ2) is 8.12. The van der Waals surface area contributed by atoms with E-state index in [4.69, 9.17) is 9.72 Å². The molecule has 29 heavy (non-hydrogen) atoms. The Morgan fingerprint density at radius 1 is 1.07 bits per heavy atom. The van der Waals surface area contributed by atoms with E-state index in [0.29, 0.717) is 31.9 Å². The van der Waals surface area contributed by atoms with Crippen molar-refractivity contribution in [1.82, 2.24) is 9.29 Å². The number of hydrogen-bond acceptors (Lipinski definition) is 5. The number of cyclic esters (lactones) is 1. The molecular weight excluding hydrogens is 390 g/mol. The molecule has 2 aliphatic heterocycles. The van der Waals surface area contributed by atoms with Crippen molar-refractivity contribution in [1.29, 1.82) is 0 Å². The molecular formula is C21H25N3O4S. The maximum atomic E-state index is 12.4. The highest BCUT2D eigenvalue weighted by Crippen LogP contribution is 2.30. The average molecular weight is 416 g/mol. The molecule has 154 valence electrons. The number of pyridine rings is 1. The standard InChI is InChI=1S/C21H25N3O4S/c1-29(26,27)23-12-10-17(11-13-23)19-8-5-9-20(22-19)24-18(15-28-21(24)25)14-16-6-3-2-4-7-16/h2-9,17-18H,10-15H2,1H3/t18-/m0/s1. The minimum Gasteiger partial charge on any atom is -0.447 e. The van der Waals surface area contributed by atoms with Crippen LogP contribution < -0.4 is 4.90 Å². The molecule has 3 heterocycles. The van der Waals surface area contributed by atoms with Gasteiger partial charge in [-0.1, -0.05) is 36.4 Å². The molecule has 7 nitrogen and oxygen atoms in total. The molecule has 0 unspecified atom stereocenters. The first kappa shape index (κ1) is 19.8. The van der Waals surface area contributed by atoms with Crippen LogP contribution in [0.1, 0.15) is 30.0 Å². The van der Waals surface area contributed by atoms with Gasteiger partial charge in [-0.25, -0.2) is 22.5 Å². The summed E-state index contributed by atoms with van der Waals surface area (Å²) in [4.78, 5) is 18.8. The molecule has 4 rings (SSSR count). The largest absolute Gasteiger partial charge is 0.447 e. The third kappa shape index (κ3) is 4.43. The van der Waals surface area contributed by atoms with Crippen LogP contribution in [-0.2, 0) is 21.2 Å². The van der Waals surface area contributed by atoms with Crippen molar-refractivity contribution in [3.63, 3.8) is 0 Å². The number of anilines is 1. The number of nitrogens with zero attached hydrogens (tertiary/aromatic N) is 3.